The van der Waals surface area contributed by atoms with E-state index in [0.29, 0.717) is 16.2 Å². The predicted molar refractivity (Wildman–Crippen MR) is 93.9 cm³/mol. The topological polar surface area (TPSA) is 84.0 Å². The van der Waals surface area contributed by atoms with Crippen molar-refractivity contribution in [2.45, 2.75) is 32.0 Å². The van der Waals surface area contributed by atoms with E-state index < -0.39 is 24.7 Å². The highest BCUT2D eigenvalue weighted by molar-refractivity contribution is 7.99. The molecule has 0 bridgehead atoms. The number of aromatic nitrogens is 2. The lowest BCUT2D eigenvalue weighted by atomic mass is 10.3. The summed E-state index contributed by atoms with van der Waals surface area (Å²) in [6, 6.07) is 6.02. The molecule has 6 nitrogen and oxygen atoms in total. The molecule has 2 N–H and O–H groups in total. The molecule has 0 radical (unpaired) electrons. The maximum absolute atomic E-state index is 11.9. The Hall–Kier alpha value is -2.36. The second-order valence-corrected chi connectivity index (χ2v) is 5.70. The van der Waals surface area contributed by atoms with Crippen molar-refractivity contribution in [3.63, 3.8) is 0 Å². The minimum Gasteiger partial charge on any atom is -0.329 e. The number of thioether (sulfide) groups is 1. The number of aryl methyl sites for hydroxylation is 1. The van der Waals surface area contributed by atoms with Gasteiger partial charge >= 0.3 is 12.2 Å². The smallest absolute Gasteiger partial charge is 0.329 e. The van der Waals surface area contributed by atoms with Crippen LogP contribution in [-0.4, -0.2) is 40.4 Å². The van der Waals surface area contributed by atoms with Gasteiger partial charge in [-0.3, -0.25) is 10.1 Å². The first-order chi connectivity index (χ1) is 12.2. The van der Waals surface area contributed by atoms with Crippen molar-refractivity contribution >= 4 is 34.7 Å². The summed E-state index contributed by atoms with van der Waals surface area (Å²) in [7, 11) is 0. The number of hydrogen-bond acceptors (Lipinski definition) is 5. The molecule has 0 atom stereocenters. The maximum atomic E-state index is 11.9. The maximum Gasteiger partial charge on any atom is 0.405 e. The Morgan fingerprint density at radius 1 is 1.12 bits per heavy atom. The van der Waals surface area contributed by atoms with Crippen molar-refractivity contribution in [2.75, 3.05) is 12.3 Å². The molecule has 26 heavy (non-hydrogen) atoms. The highest BCUT2D eigenvalue weighted by Gasteiger charge is 2.27. The van der Waals surface area contributed by atoms with Crippen molar-refractivity contribution in [1.29, 1.82) is 0 Å². The average molecular weight is 388 g/mol. The summed E-state index contributed by atoms with van der Waals surface area (Å²) in [5, 5.41) is 3.89. The monoisotopic (exact) mass is 388 g/mol. The summed E-state index contributed by atoms with van der Waals surface area (Å²) in [6.07, 6.45) is -4.53. The van der Waals surface area contributed by atoms with Gasteiger partial charge in [-0.15, -0.1) is 0 Å². The molecule has 10 heteroatoms. The third-order valence-corrected chi connectivity index (χ3v) is 3.81. The van der Waals surface area contributed by atoms with E-state index in [1.165, 1.54) is 0 Å². The normalized spacial score (nSPS) is 10.7. The molecule has 0 unspecified atom stereocenters. The first kappa shape index (κ1) is 21.7. The molecule has 0 aliphatic heterocycles. The van der Waals surface area contributed by atoms with E-state index in [2.05, 4.69) is 9.97 Å². The molecule has 1 aromatic heterocycles. The zero-order chi connectivity index (χ0) is 19.7. The number of imide groups is 1. The lowest BCUT2D eigenvalue weighted by molar-refractivity contribution is -0.124. The van der Waals surface area contributed by atoms with Gasteiger partial charge in [0, 0.05) is 0 Å². The fraction of sp³-hybridized carbons (Fsp3) is 0.375. The largest absolute Gasteiger partial charge is 0.405 e. The molecule has 0 saturated heterocycles. The minimum absolute atomic E-state index is 0.173. The Kier molecular flexibility index (Phi) is 8.30. The van der Waals surface area contributed by atoms with Gasteiger partial charge in [-0.1, -0.05) is 37.7 Å². The Morgan fingerprint density at radius 2 is 1.69 bits per heavy atom. The molecule has 1 heterocycles. The quantitative estimate of drug-likeness (QED) is 0.784. The van der Waals surface area contributed by atoms with Crippen LogP contribution in [0.3, 0.4) is 0 Å². The summed E-state index contributed by atoms with van der Waals surface area (Å²) >= 11 is 1.05. The number of halogens is 3. The van der Waals surface area contributed by atoms with Crippen LogP contribution in [0.15, 0.2) is 29.3 Å². The van der Waals surface area contributed by atoms with Crippen LogP contribution in [0, 0.1) is 6.92 Å². The molecular weight excluding hydrogens is 369 g/mol. The van der Waals surface area contributed by atoms with E-state index in [1.54, 1.807) is 24.4 Å². The Balaban J connectivity index is 0.00000163. The van der Waals surface area contributed by atoms with E-state index in [-0.39, 0.29) is 5.75 Å². The minimum atomic E-state index is -4.53. The van der Waals surface area contributed by atoms with Crippen molar-refractivity contribution in [3.8, 4) is 0 Å². The fourth-order valence-electron chi connectivity index (χ4n) is 1.73. The molecule has 0 fully saturated rings. The van der Waals surface area contributed by atoms with Crippen molar-refractivity contribution in [3.05, 3.63) is 30.0 Å². The SMILES string of the molecule is CC.Cc1nc2ccccc2nc1SCC(=O)NC(=O)NCC(F)(F)F. The standard InChI is InChI=1S/C14H13F3N4O2S.C2H6/c1-8-12(20-10-5-3-2-4-9(10)19-8)24-6-11(22)21-13(23)18-7-14(15,16)17;1-2/h2-5H,6-7H2,1H3,(H2,18,21,22,23);1-2H3. The number of benzene rings is 1. The van der Waals surface area contributed by atoms with Crippen molar-refractivity contribution in [1.82, 2.24) is 20.6 Å². The van der Waals surface area contributed by atoms with Crippen LogP contribution in [0.2, 0.25) is 0 Å². The van der Waals surface area contributed by atoms with Gasteiger partial charge in [0.1, 0.15) is 11.6 Å². The van der Waals surface area contributed by atoms with E-state index in [1.807, 2.05) is 31.3 Å². The zero-order valence-electron chi connectivity index (χ0n) is 14.5. The van der Waals surface area contributed by atoms with Crippen LogP contribution in [0.25, 0.3) is 11.0 Å². The number of alkyl halides is 3. The molecule has 2 rings (SSSR count). The lowest BCUT2D eigenvalue weighted by Gasteiger charge is -2.09. The first-order valence-electron chi connectivity index (χ1n) is 7.75. The van der Waals surface area contributed by atoms with Gasteiger partial charge in [0.2, 0.25) is 5.91 Å². The lowest BCUT2D eigenvalue weighted by Crippen LogP contribution is -2.43. The number of para-hydroxylation sites is 2. The Morgan fingerprint density at radius 3 is 2.27 bits per heavy atom. The highest BCUT2D eigenvalue weighted by atomic mass is 32.2. The predicted octanol–water partition coefficient (Wildman–Crippen LogP) is 3.44. The summed E-state index contributed by atoms with van der Waals surface area (Å²) in [5.41, 5.74) is 2.00. The van der Waals surface area contributed by atoms with E-state index >= 15 is 0 Å². The number of nitrogens with zero attached hydrogens (tertiary/aromatic N) is 2. The van der Waals surface area contributed by atoms with Gasteiger partial charge < -0.3 is 5.32 Å². The number of fused-ring (bicyclic) bond motifs is 1. The molecule has 0 spiro atoms. The number of hydrogen-bond donors (Lipinski definition) is 2. The number of carbonyl (C=O) groups excluding carboxylic acids is 2. The van der Waals surface area contributed by atoms with Crippen molar-refractivity contribution < 1.29 is 22.8 Å². The summed E-state index contributed by atoms with van der Waals surface area (Å²) < 4.78 is 35.8. The number of amides is 3. The van der Waals surface area contributed by atoms with Crippen LogP contribution in [0.4, 0.5) is 18.0 Å². The van der Waals surface area contributed by atoms with Gasteiger partial charge in [0.25, 0.3) is 0 Å². The molecule has 2 aromatic rings. The number of nitrogens with one attached hydrogen (secondary N) is 2. The fourth-order valence-corrected chi connectivity index (χ4v) is 2.49. The van der Waals surface area contributed by atoms with E-state index in [0.717, 1.165) is 17.3 Å². The number of carbonyl (C=O) groups is 2. The van der Waals surface area contributed by atoms with Gasteiger partial charge in [-0.05, 0) is 19.1 Å². The number of rotatable bonds is 4. The van der Waals surface area contributed by atoms with Crippen LogP contribution in [0.5, 0.6) is 0 Å². The zero-order valence-corrected chi connectivity index (χ0v) is 15.3. The molecular formula is C16H19F3N4O2S. The van der Waals surface area contributed by atoms with Crippen LogP contribution < -0.4 is 10.6 Å². The van der Waals surface area contributed by atoms with Gasteiger partial charge in [-0.25, -0.2) is 14.8 Å². The summed E-state index contributed by atoms with van der Waals surface area (Å²) in [6.45, 7) is 4.23. The second-order valence-electron chi connectivity index (χ2n) is 4.74. The third-order valence-electron chi connectivity index (χ3n) is 2.74. The molecule has 1 aromatic carbocycles. The van der Waals surface area contributed by atoms with Crippen LogP contribution in [-0.2, 0) is 4.79 Å². The van der Waals surface area contributed by atoms with Gasteiger partial charge in [-0.2, -0.15) is 13.2 Å². The average Bonchev–Trinajstić information content (AvgIpc) is 2.59. The second kappa shape index (κ2) is 9.95. The first-order valence-corrected chi connectivity index (χ1v) is 8.74. The molecule has 0 aliphatic rings. The summed E-state index contributed by atoms with van der Waals surface area (Å²) in [5.74, 6) is -0.901. The Bertz CT molecular complexity index is 769. The molecule has 142 valence electrons. The van der Waals surface area contributed by atoms with E-state index in [9.17, 15) is 22.8 Å². The van der Waals surface area contributed by atoms with Gasteiger partial charge in [0.15, 0.2) is 0 Å². The number of urea groups is 1. The molecule has 0 saturated carbocycles. The van der Waals surface area contributed by atoms with Crippen LogP contribution >= 0.6 is 11.8 Å². The van der Waals surface area contributed by atoms with Crippen molar-refractivity contribution in [2.24, 2.45) is 0 Å². The third kappa shape index (κ3) is 7.26. The molecule has 3 amide bonds. The van der Waals surface area contributed by atoms with Gasteiger partial charge in [0.05, 0.1) is 22.5 Å². The summed E-state index contributed by atoms with van der Waals surface area (Å²) in [4.78, 5) is 31.5. The molecule has 0 aliphatic carbocycles. The Labute approximate surface area is 153 Å². The van der Waals surface area contributed by atoms with Crippen LogP contribution in [0.1, 0.15) is 19.5 Å². The van der Waals surface area contributed by atoms with E-state index in [4.69, 9.17) is 0 Å². The highest BCUT2D eigenvalue weighted by Crippen LogP contribution is 2.21.